The van der Waals surface area contributed by atoms with Crippen LogP contribution in [-0.4, -0.2) is 11.2 Å². The van der Waals surface area contributed by atoms with Gasteiger partial charge in [0.2, 0.25) is 0 Å². The van der Waals surface area contributed by atoms with E-state index in [-0.39, 0.29) is 6.10 Å². The first-order valence-electron chi connectivity index (χ1n) is 4.80. The average Bonchev–Trinajstić information content (AvgIpc) is 2.04. The molecule has 1 aliphatic carbocycles. The third kappa shape index (κ3) is 3.24. The van der Waals surface area contributed by atoms with Gasteiger partial charge in [-0.05, 0) is 31.6 Å². The van der Waals surface area contributed by atoms with Gasteiger partial charge in [-0.2, -0.15) is 0 Å². The third-order valence-electron chi connectivity index (χ3n) is 2.68. The van der Waals surface area contributed by atoms with Crippen LogP contribution >= 0.6 is 0 Å². The lowest BCUT2D eigenvalue weighted by Gasteiger charge is -2.24. The lowest BCUT2D eigenvalue weighted by atomic mass is 9.84. The quantitative estimate of drug-likeness (QED) is 0.664. The minimum absolute atomic E-state index is 0.00556. The van der Waals surface area contributed by atoms with E-state index in [1.165, 1.54) is 25.7 Å². The molecule has 65 valence electrons. The Bertz CT molecular complexity index is 90.3. The fourth-order valence-electron chi connectivity index (χ4n) is 1.87. The zero-order chi connectivity index (χ0) is 8.10. The van der Waals surface area contributed by atoms with Gasteiger partial charge in [0.25, 0.3) is 0 Å². The molecule has 1 radical (unpaired) electrons. The molecule has 0 aromatic carbocycles. The van der Waals surface area contributed by atoms with Crippen LogP contribution in [0.4, 0.5) is 0 Å². The van der Waals surface area contributed by atoms with E-state index in [0.29, 0.717) is 0 Å². The van der Waals surface area contributed by atoms with Gasteiger partial charge in [0.05, 0.1) is 6.10 Å². The summed E-state index contributed by atoms with van der Waals surface area (Å²) in [6.45, 7) is 3.84. The SMILES string of the molecule is [CH2]CCCC1CCC(O)CC1. The van der Waals surface area contributed by atoms with Crippen molar-refractivity contribution >= 4 is 0 Å². The second-order valence-electron chi connectivity index (χ2n) is 3.67. The molecule has 1 nitrogen and oxygen atoms in total. The van der Waals surface area contributed by atoms with Crippen molar-refractivity contribution in [1.29, 1.82) is 0 Å². The van der Waals surface area contributed by atoms with Crippen molar-refractivity contribution in [1.82, 2.24) is 0 Å². The summed E-state index contributed by atoms with van der Waals surface area (Å²) >= 11 is 0. The average molecular weight is 155 g/mol. The maximum Gasteiger partial charge on any atom is 0.0540 e. The number of aliphatic hydroxyl groups excluding tert-OH is 1. The predicted octanol–water partition coefficient (Wildman–Crippen LogP) is 2.54. The van der Waals surface area contributed by atoms with E-state index in [4.69, 9.17) is 0 Å². The minimum Gasteiger partial charge on any atom is -0.393 e. The molecule has 1 fully saturated rings. The number of hydrogen-bond acceptors (Lipinski definition) is 1. The summed E-state index contributed by atoms with van der Waals surface area (Å²) < 4.78 is 0. The van der Waals surface area contributed by atoms with Crippen molar-refractivity contribution < 1.29 is 5.11 Å². The normalized spacial score (nSPS) is 32.2. The second kappa shape index (κ2) is 4.76. The molecule has 0 bridgehead atoms. The van der Waals surface area contributed by atoms with Gasteiger partial charge in [-0.1, -0.05) is 26.2 Å². The summed E-state index contributed by atoms with van der Waals surface area (Å²) in [5.74, 6) is 0.889. The van der Waals surface area contributed by atoms with Crippen molar-refractivity contribution in [2.24, 2.45) is 5.92 Å². The fourth-order valence-corrected chi connectivity index (χ4v) is 1.87. The van der Waals surface area contributed by atoms with Crippen molar-refractivity contribution in [2.75, 3.05) is 0 Å². The second-order valence-corrected chi connectivity index (χ2v) is 3.67. The highest BCUT2D eigenvalue weighted by Crippen LogP contribution is 2.27. The van der Waals surface area contributed by atoms with Gasteiger partial charge in [0, 0.05) is 0 Å². The van der Waals surface area contributed by atoms with Crippen molar-refractivity contribution in [3.63, 3.8) is 0 Å². The van der Waals surface area contributed by atoms with E-state index >= 15 is 0 Å². The van der Waals surface area contributed by atoms with E-state index in [1.54, 1.807) is 0 Å². The first kappa shape index (κ1) is 9.05. The molecule has 1 rings (SSSR count). The van der Waals surface area contributed by atoms with Gasteiger partial charge >= 0.3 is 0 Å². The van der Waals surface area contributed by atoms with Crippen molar-refractivity contribution in [2.45, 2.75) is 51.0 Å². The number of hydrogen-bond donors (Lipinski definition) is 1. The summed E-state index contributed by atoms with van der Waals surface area (Å²) in [7, 11) is 0. The maximum absolute atomic E-state index is 9.24. The van der Waals surface area contributed by atoms with E-state index in [9.17, 15) is 5.11 Å². The minimum atomic E-state index is 0.00556. The molecule has 1 N–H and O–H groups in total. The number of aliphatic hydroxyl groups is 1. The van der Waals surface area contributed by atoms with Crippen molar-refractivity contribution in [3.8, 4) is 0 Å². The molecule has 0 saturated heterocycles. The fraction of sp³-hybridized carbons (Fsp3) is 0.900. The Labute approximate surface area is 69.8 Å². The Hall–Kier alpha value is -0.0400. The molecule has 0 amide bonds. The first-order valence-corrected chi connectivity index (χ1v) is 4.80. The van der Waals surface area contributed by atoms with Crippen LogP contribution < -0.4 is 0 Å². The molecule has 0 unspecified atom stereocenters. The van der Waals surface area contributed by atoms with Crippen LogP contribution in [0.3, 0.4) is 0 Å². The summed E-state index contributed by atoms with van der Waals surface area (Å²) in [6.07, 6.45) is 8.20. The Morgan fingerprint density at radius 3 is 2.36 bits per heavy atom. The third-order valence-corrected chi connectivity index (χ3v) is 2.68. The van der Waals surface area contributed by atoms with Gasteiger partial charge in [-0.25, -0.2) is 0 Å². The molecule has 11 heavy (non-hydrogen) atoms. The monoisotopic (exact) mass is 155 g/mol. The Kier molecular flexibility index (Phi) is 3.92. The Morgan fingerprint density at radius 2 is 1.82 bits per heavy atom. The Balaban J connectivity index is 2.07. The molecule has 1 heteroatoms. The van der Waals surface area contributed by atoms with E-state index in [1.807, 2.05) is 0 Å². The lowest BCUT2D eigenvalue weighted by Crippen LogP contribution is -2.17. The molecule has 0 aliphatic heterocycles. The standard InChI is InChI=1S/C10H19O/c1-2-3-4-9-5-7-10(11)8-6-9/h9-11H,1-8H2. The summed E-state index contributed by atoms with van der Waals surface area (Å²) in [5.41, 5.74) is 0. The zero-order valence-electron chi connectivity index (χ0n) is 7.26. The molecule has 0 spiro atoms. The molecule has 1 aliphatic rings. The van der Waals surface area contributed by atoms with Crippen LogP contribution in [-0.2, 0) is 0 Å². The number of unbranched alkanes of at least 4 members (excludes halogenated alkanes) is 1. The van der Waals surface area contributed by atoms with Crippen LogP contribution in [0.5, 0.6) is 0 Å². The summed E-state index contributed by atoms with van der Waals surface area (Å²) in [4.78, 5) is 0. The molecule has 0 atom stereocenters. The molecular formula is C10H19O. The molecular weight excluding hydrogens is 136 g/mol. The Morgan fingerprint density at radius 1 is 1.18 bits per heavy atom. The lowest BCUT2D eigenvalue weighted by molar-refractivity contribution is 0.106. The van der Waals surface area contributed by atoms with Crippen LogP contribution in [0.2, 0.25) is 0 Å². The highest BCUT2D eigenvalue weighted by Gasteiger charge is 2.18. The summed E-state index contributed by atoms with van der Waals surface area (Å²) in [5, 5.41) is 9.24. The zero-order valence-corrected chi connectivity index (χ0v) is 7.26. The highest BCUT2D eigenvalue weighted by atomic mass is 16.3. The smallest absolute Gasteiger partial charge is 0.0540 e. The maximum atomic E-state index is 9.24. The first-order chi connectivity index (χ1) is 5.33. The van der Waals surface area contributed by atoms with Gasteiger partial charge in [-0.3, -0.25) is 0 Å². The molecule has 0 aromatic rings. The molecule has 0 heterocycles. The van der Waals surface area contributed by atoms with Gasteiger partial charge in [0.1, 0.15) is 0 Å². The van der Waals surface area contributed by atoms with Crippen LogP contribution in [0.25, 0.3) is 0 Å². The molecule has 0 aromatic heterocycles. The topological polar surface area (TPSA) is 20.2 Å². The van der Waals surface area contributed by atoms with Crippen LogP contribution in [0, 0.1) is 12.8 Å². The van der Waals surface area contributed by atoms with E-state index < -0.39 is 0 Å². The largest absolute Gasteiger partial charge is 0.393 e. The van der Waals surface area contributed by atoms with Crippen molar-refractivity contribution in [3.05, 3.63) is 6.92 Å². The summed E-state index contributed by atoms with van der Waals surface area (Å²) in [6, 6.07) is 0. The predicted molar refractivity (Wildman–Crippen MR) is 47.2 cm³/mol. The highest BCUT2D eigenvalue weighted by molar-refractivity contribution is 4.71. The molecule has 1 saturated carbocycles. The van der Waals surface area contributed by atoms with Gasteiger partial charge in [0.15, 0.2) is 0 Å². The van der Waals surface area contributed by atoms with E-state index in [0.717, 1.165) is 25.2 Å². The van der Waals surface area contributed by atoms with E-state index in [2.05, 4.69) is 6.92 Å². The van der Waals surface area contributed by atoms with Gasteiger partial charge in [-0.15, -0.1) is 0 Å². The van der Waals surface area contributed by atoms with Crippen LogP contribution in [0.1, 0.15) is 44.9 Å². The van der Waals surface area contributed by atoms with Crippen LogP contribution in [0.15, 0.2) is 0 Å². The number of rotatable bonds is 3. The van der Waals surface area contributed by atoms with Gasteiger partial charge < -0.3 is 5.11 Å².